The van der Waals surface area contributed by atoms with Gasteiger partial charge in [-0.3, -0.25) is 4.68 Å². The lowest BCUT2D eigenvalue weighted by atomic mass is 10.2. The molecule has 0 saturated carbocycles. The fourth-order valence-corrected chi connectivity index (χ4v) is 2.90. The van der Waals surface area contributed by atoms with E-state index in [9.17, 15) is 9.18 Å². The Kier molecular flexibility index (Phi) is 5.47. The van der Waals surface area contributed by atoms with Crippen molar-refractivity contribution in [3.05, 3.63) is 42.6 Å². The van der Waals surface area contributed by atoms with Crippen molar-refractivity contribution in [2.45, 2.75) is 13.5 Å². The summed E-state index contributed by atoms with van der Waals surface area (Å²) in [4.78, 5) is 20.0. The molecule has 2 aromatic heterocycles. The molecule has 1 fully saturated rings. The maximum absolute atomic E-state index is 13.8. The van der Waals surface area contributed by atoms with Crippen LogP contribution < -0.4 is 10.2 Å². The molecular formula is C17H23FN6O. The van der Waals surface area contributed by atoms with Crippen LogP contribution in [0.15, 0.2) is 36.8 Å². The molecule has 1 N–H and O–H groups in total. The standard InChI is InChI=1S/C17H23FN6O/c1-14(13-24-7-3-6-21-24)12-20-17(25)23-10-8-22(9-11-23)16-15(18)4-2-5-19-16/h2-7,14H,8-13H2,1H3,(H,20,25)/t14-/m1/s1. The number of carbonyl (C=O) groups excluding carboxylic acids is 1. The molecule has 1 saturated heterocycles. The van der Waals surface area contributed by atoms with Crippen molar-refractivity contribution in [2.75, 3.05) is 37.6 Å². The lowest BCUT2D eigenvalue weighted by Crippen LogP contribution is -2.52. The first-order valence-corrected chi connectivity index (χ1v) is 8.49. The number of aromatic nitrogens is 3. The maximum atomic E-state index is 13.8. The van der Waals surface area contributed by atoms with Gasteiger partial charge in [-0.2, -0.15) is 5.10 Å². The molecular weight excluding hydrogens is 323 g/mol. The van der Waals surface area contributed by atoms with Gasteiger partial charge in [0.1, 0.15) is 0 Å². The second-order valence-corrected chi connectivity index (χ2v) is 6.30. The van der Waals surface area contributed by atoms with Gasteiger partial charge in [0, 0.05) is 57.9 Å². The van der Waals surface area contributed by atoms with Gasteiger partial charge >= 0.3 is 6.03 Å². The predicted molar refractivity (Wildman–Crippen MR) is 92.8 cm³/mol. The highest BCUT2D eigenvalue weighted by molar-refractivity contribution is 5.74. The summed E-state index contributed by atoms with van der Waals surface area (Å²) < 4.78 is 15.6. The highest BCUT2D eigenvalue weighted by atomic mass is 19.1. The molecule has 2 aromatic rings. The summed E-state index contributed by atoms with van der Waals surface area (Å²) >= 11 is 0. The second-order valence-electron chi connectivity index (χ2n) is 6.30. The number of amides is 2. The van der Waals surface area contributed by atoms with Gasteiger partial charge < -0.3 is 15.1 Å². The van der Waals surface area contributed by atoms with Crippen molar-refractivity contribution in [1.82, 2.24) is 25.0 Å². The Labute approximate surface area is 146 Å². The Morgan fingerprint density at radius 3 is 2.76 bits per heavy atom. The van der Waals surface area contributed by atoms with Crippen molar-refractivity contribution in [1.29, 1.82) is 0 Å². The van der Waals surface area contributed by atoms with Crippen LogP contribution in [0.5, 0.6) is 0 Å². The Bertz CT molecular complexity index is 684. The molecule has 25 heavy (non-hydrogen) atoms. The number of halogens is 1. The van der Waals surface area contributed by atoms with E-state index in [0.29, 0.717) is 38.5 Å². The van der Waals surface area contributed by atoms with Gasteiger partial charge in [-0.25, -0.2) is 14.2 Å². The number of nitrogens with one attached hydrogen (secondary N) is 1. The molecule has 3 heterocycles. The van der Waals surface area contributed by atoms with Crippen LogP contribution in [0.4, 0.5) is 15.0 Å². The fourth-order valence-electron chi connectivity index (χ4n) is 2.90. The van der Waals surface area contributed by atoms with Crippen molar-refractivity contribution in [3.63, 3.8) is 0 Å². The van der Waals surface area contributed by atoms with E-state index in [2.05, 4.69) is 22.3 Å². The van der Waals surface area contributed by atoms with Crippen LogP contribution >= 0.6 is 0 Å². The van der Waals surface area contributed by atoms with E-state index in [1.54, 1.807) is 23.4 Å². The first-order valence-electron chi connectivity index (χ1n) is 8.49. The zero-order valence-electron chi connectivity index (χ0n) is 14.3. The zero-order chi connectivity index (χ0) is 17.6. The van der Waals surface area contributed by atoms with E-state index in [1.807, 2.05) is 21.8 Å². The summed E-state index contributed by atoms with van der Waals surface area (Å²) in [7, 11) is 0. The van der Waals surface area contributed by atoms with Crippen molar-refractivity contribution >= 4 is 11.8 Å². The summed E-state index contributed by atoms with van der Waals surface area (Å²) in [5.74, 6) is 0.316. The average molecular weight is 346 g/mol. The number of carbonyl (C=O) groups is 1. The molecule has 0 aliphatic carbocycles. The number of hydrogen-bond donors (Lipinski definition) is 1. The molecule has 1 aliphatic rings. The third kappa shape index (κ3) is 4.46. The lowest BCUT2D eigenvalue weighted by Gasteiger charge is -2.35. The van der Waals surface area contributed by atoms with Crippen LogP contribution in [0, 0.1) is 11.7 Å². The van der Waals surface area contributed by atoms with Gasteiger partial charge in [0.05, 0.1) is 0 Å². The minimum absolute atomic E-state index is 0.0755. The number of piperazine rings is 1. The summed E-state index contributed by atoms with van der Waals surface area (Å²) in [6.45, 7) is 5.68. The van der Waals surface area contributed by atoms with Crippen molar-refractivity contribution in [2.24, 2.45) is 5.92 Å². The molecule has 8 heteroatoms. The molecule has 0 unspecified atom stereocenters. The van der Waals surface area contributed by atoms with E-state index in [1.165, 1.54) is 6.07 Å². The Hall–Kier alpha value is -2.64. The van der Waals surface area contributed by atoms with Crippen molar-refractivity contribution < 1.29 is 9.18 Å². The topological polar surface area (TPSA) is 66.3 Å². The van der Waals surface area contributed by atoms with E-state index in [0.717, 1.165) is 6.54 Å². The minimum atomic E-state index is -0.326. The third-order valence-electron chi connectivity index (χ3n) is 4.27. The van der Waals surface area contributed by atoms with Gasteiger partial charge in [0.15, 0.2) is 11.6 Å². The number of urea groups is 1. The normalized spacial score (nSPS) is 15.9. The number of nitrogens with zero attached hydrogens (tertiary/aromatic N) is 5. The first kappa shape index (κ1) is 17.2. The van der Waals surface area contributed by atoms with Gasteiger partial charge in [-0.05, 0) is 24.1 Å². The lowest BCUT2D eigenvalue weighted by molar-refractivity contribution is 0.192. The highest BCUT2D eigenvalue weighted by Crippen LogP contribution is 2.17. The molecule has 7 nitrogen and oxygen atoms in total. The monoisotopic (exact) mass is 346 g/mol. The molecule has 0 bridgehead atoms. The molecule has 3 rings (SSSR count). The van der Waals surface area contributed by atoms with Crippen LogP contribution in [-0.2, 0) is 6.54 Å². The maximum Gasteiger partial charge on any atom is 0.317 e. The van der Waals surface area contributed by atoms with Crippen LogP contribution in [0.3, 0.4) is 0 Å². The number of rotatable bonds is 5. The molecule has 0 radical (unpaired) electrons. The molecule has 134 valence electrons. The summed E-state index contributed by atoms with van der Waals surface area (Å²) in [6.07, 6.45) is 5.24. The third-order valence-corrected chi connectivity index (χ3v) is 4.27. The van der Waals surface area contributed by atoms with E-state index < -0.39 is 0 Å². The first-order chi connectivity index (χ1) is 12.1. The van der Waals surface area contributed by atoms with Crippen LogP contribution in [-0.4, -0.2) is 58.4 Å². The van der Waals surface area contributed by atoms with E-state index in [-0.39, 0.29) is 17.8 Å². The zero-order valence-corrected chi connectivity index (χ0v) is 14.3. The minimum Gasteiger partial charge on any atom is -0.351 e. The summed E-state index contributed by atoms with van der Waals surface area (Å²) in [5, 5.41) is 7.14. The smallest absolute Gasteiger partial charge is 0.317 e. The van der Waals surface area contributed by atoms with E-state index in [4.69, 9.17) is 0 Å². The summed E-state index contributed by atoms with van der Waals surface area (Å²) in [5.41, 5.74) is 0. The Balaban J connectivity index is 1.43. The van der Waals surface area contributed by atoms with Gasteiger partial charge in [-0.1, -0.05) is 6.92 Å². The quantitative estimate of drug-likeness (QED) is 0.893. The van der Waals surface area contributed by atoms with E-state index >= 15 is 0 Å². The molecule has 2 amide bonds. The Morgan fingerprint density at radius 2 is 2.08 bits per heavy atom. The van der Waals surface area contributed by atoms with Gasteiger partial charge in [-0.15, -0.1) is 0 Å². The largest absolute Gasteiger partial charge is 0.351 e. The molecule has 1 atom stereocenters. The number of hydrogen-bond acceptors (Lipinski definition) is 4. The molecule has 1 aliphatic heterocycles. The Morgan fingerprint density at radius 1 is 1.28 bits per heavy atom. The summed E-state index contributed by atoms with van der Waals surface area (Å²) in [6, 6.07) is 4.79. The average Bonchev–Trinajstić information content (AvgIpc) is 3.13. The van der Waals surface area contributed by atoms with Crippen LogP contribution in [0.1, 0.15) is 6.92 Å². The fraction of sp³-hybridized carbons (Fsp3) is 0.471. The van der Waals surface area contributed by atoms with Crippen LogP contribution in [0.2, 0.25) is 0 Å². The van der Waals surface area contributed by atoms with Gasteiger partial charge in [0.25, 0.3) is 0 Å². The second kappa shape index (κ2) is 7.96. The van der Waals surface area contributed by atoms with Crippen LogP contribution in [0.25, 0.3) is 0 Å². The van der Waals surface area contributed by atoms with Gasteiger partial charge in [0.2, 0.25) is 0 Å². The number of anilines is 1. The van der Waals surface area contributed by atoms with Crippen molar-refractivity contribution in [3.8, 4) is 0 Å². The SMILES string of the molecule is C[C@H](CNC(=O)N1CCN(c2ncccc2F)CC1)Cn1cccn1. The highest BCUT2D eigenvalue weighted by Gasteiger charge is 2.23. The number of pyridine rings is 1. The molecule has 0 spiro atoms. The predicted octanol–water partition coefficient (Wildman–Crippen LogP) is 1.59. The molecule has 0 aromatic carbocycles.